The molecule has 0 aliphatic carbocycles. The van der Waals surface area contributed by atoms with Gasteiger partial charge in [-0.1, -0.05) is 18.2 Å². The molecule has 0 spiro atoms. The summed E-state index contributed by atoms with van der Waals surface area (Å²) in [6.45, 7) is 0. The molecule has 8 nitrogen and oxygen atoms in total. The van der Waals surface area contributed by atoms with E-state index in [9.17, 15) is 18.0 Å². The van der Waals surface area contributed by atoms with Crippen molar-refractivity contribution in [1.82, 2.24) is 4.72 Å². The lowest BCUT2D eigenvalue weighted by atomic mass is 10.2. The standard InChI is InChI=1S/C17H18N4O4S/c1-19-26(24,25)15-8-5-12(6-9-15)7-10-16(22)20-13-3-2-4-14(11-13)21-17(18)23/h2-11,19H,1H3,(H,20,22)(H3,18,21,23)/b10-7+. The van der Waals surface area contributed by atoms with E-state index in [4.69, 9.17) is 5.73 Å². The number of nitrogens with two attached hydrogens (primary N) is 1. The van der Waals surface area contributed by atoms with Gasteiger partial charge in [0.15, 0.2) is 0 Å². The Labute approximate surface area is 151 Å². The zero-order valence-electron chi connectivity index (χ0n) is 13.9. The number of amides is 3. The predicted molar refractivity (Wildman–Crippen MR) is 100.0 cm³/mol. The minimum atomic E-state index is -3.49. The predicted octanol–water partition coefficient (Wildman–Crippen LogP) is 1.74. The summed E-state index contributed by atoms with van der Waals surface area (Å²) in [6, 6.07) is 11.9. The van der Waals surface area contributed by atoms with Gasteiger partial charge in [-0.3, -0.25) is 4.79 Å². The number of hydrogen-bond acceptors (Lipinski definition) is 4. The normalized spacial score (nSPS) is 11.3. The van der Waals surface area contributed by atoms with Crippen molar-refractivity contribution in [2.75, 3.05) is 17.7 Å². The van der Waals surface area contributed by atoms with Crippen LogP contribution in [0.4, 0.5) is 16.2 Å². The minimum absolute atomic E-state index is 0.139. The van der Waals surface area contributed by atoms with Gasteiger partial charge in [-0.2, -0.15) is 0 Å². The first-order valence-electron chi connectivity index (χ1n) is 7.49. The summed E-state index contributed by atoms with van der Waals surface area (Å²) in [4.78, 5) is 23.0. The van der Waals surface area contributed by atoms with E-state index in [0.29, 0.717) is 16.9 Å². The maximum Gasteiger partial charge on any atom is 0.316 e. The van der Waals surface area contributed by atoms with Gasteiger partial charge in [0.2, 0.25) is 15.9 Å². The molecule has 0 aliphatic rings. The van der Waals surface area contributed by atoms with Gasteiger partial charge in [-0.15, -0.1) is 0 Å². The molecule has 2 rings (SSSR count). The van der Waals surface area contributed by atoms with E-state index < -0.39 is 16.1 Å². The van der Waals surface area contributed by atoms with Crippen molar-refractivity contribution in [1.29, 1.82) is 0 Å². The molecule has 0 unspecified atom stereocenters. The Kier molecular flexibility index (Phi) is 6.10. The topological polar surface area (TPSA) is 130 Å². The summed E-state index contributed by atoms with van der Waals surface area (Å²) in [7, 11) is -2.16. The summed E-state index contributed by atoms with van der Waals surface area (Å²) in [5.74, 6) is -0.381. The second-order valence-corrected chi connectivity index (χ2v) is 7.06. The van der Waals surface area contributed by atoms with E-state index in [1.165, 1.54) is 25.3 Å². The van der Waals surface area contributed by atoms with Gasteiger partial charge < -0.3 is 16.4 Å². The second-order valence-electron chi connectivity index (χ2n) is 5.17. The van der Waals surface area contributed by atoms with Crippen LogP contribution in [0.15, 0.2) is 59.5 Å². The molecule has 0 aromatic heterocycles. The van der Waals surface area contributed by atoms with Crippen LogP contribution in [-0.4, -0.2) is 27.4 Å². The first kappa shape index (κ1) is 19.2. The van der Waals surface area contributed by atoms with Crippen LogP contribution in [0.1, 0.15) is 5.56 Å². The van der Waals surface area contributed by atoms with Crippen molar-refractivity contribution < 1.29 is 18.0 Å². The third kappa shape index (κ3) is 5.43. The number of anilines is 2. The summed E-state index contributed by atoms with van der Waals surface area (Å²) < 4.78 is 25.5. The molecular formula is C17H18N4O4S. The number of sulfonamides is 1. The van der Waals surface area contributed by atoms with E-state index >= 15 is 0 Å². The molecule has 0 fully saturated rings. The van der Waals surface area contributed by atoms with Crippen molar-refractivity contribution in [2.24, 2.45) is 5.73 Å². The average Bonchev–Trinajstić information content (AvgIpc) is 2.60. The number of carbonyl (C=O) groups is 2. The quantitative estimate of drug-likeness (QED) is 0.574. The average molecular weight is 374 g/mol. The van der Waals surface area contributed by atoms with Crippen LogP contribution in [0.25, 0.3) is 6.08 Å². The highest BCUT2D eigenvalue weighted by atomic mass is 32.2. The number of urea groups is 1. The molecular weight excluding hydrogens is 356 g/mol. The molecule has 3 amide bonds. The Hall–Kier alpha value is -3.17. The van der Waals surface area contributed by atoms with Gasteiger partial charge in [-0.25, -0.2) is 17.9 Å². The number of nitrogens with one attached hydrogen (secondary N) is 3. The smallest absolute Gasteiger partial charge is 0.316 e. The molecule has 0 aliphatic heterocycles. The van der Waals surface area contributed by atoms with Gasteiger partial charge in [0.25, 0.3) is 0 Å². The lowest BCUT2D eigenvalue weighted by molar-refractivity contribution is -0.111. The number of hydrogen-bond donors (Lipinski definition) is 4. The summed E-state index contributed by atoms with van der Waals surface area (Å²) in [5.41, 5.74) is 6.66. The Morgan fingerprint density at radius 2 is 1.62 bits per heavy atom. The number of primary amides is 1. The van der Waals surface area contributed by atoms with Crippen LogP contribution in [-0.2, 0) is 14.8 Å². The SMILES string of the molecule is CNS(=O)(=O)c1ccc(/C=C/C(=O)Nc2cccc(NC(N)=O)c2)cc1. The highest BCUT2D eigenvalue weighted by molar-refractivity contribution is 7.89. The van der Waals surface area contributed by atoms with Crippen molar-refractivity contribution in [2.45, 2.75) is 4.90 Å². The zero-order valence-corrected chi connectivity index (χ0v) is 14.7. The molecule has 9 heteroatoms. The highest BCUT2D eigenvalue weighted by Gasteiger charge is 2.09. The Morgan fingerprint density at radius 3 is 2.19 bits per heavy atom. The van der Waals surface area contributed by atoms with Gasteiger partial charge in [0.1, 0.15) is 0 Å². The molecule has 26 heavy (non-hydrogen) atoms. The Balaban J connectivity index is 2.02. The maximum absolute atomic E-state index is 12.0. The fraction of sp³-hybridized carbons (Fsp3) is 0.0588. The molecule has 2 aromatic carbocycles. The number of carbonyl (C=O) groups excluding carboxylic acids is 2. The molecule has 136 valence electrons. The van der Waals surface area contributed by atoms with Gasteiger partial charge in [0.05, 0.1) is 4.90 Å². The lowest BCUT2D eigenvalue weighted by Crippen LogP contribution is -2.19. The monoisotopic (exact) mass is 374 g/mol. The van der Waals surface area contributed by atoms with Crippen molar-refractivity contribution in [3.63, 3.8) is 0 Å². The van der Waals surface area contributed by atoms with Gasteiger partial charge in [-0.05, 0) is 49.0 Å². The van der Waals surface area contributed by atoms with Crippen LogP contribution >= 0.6 is 0 Å². The first-order valence-corrected chi connectivity index (χ1v) is 8.98. The Morgan fingerprint density at radius 1 is 1.00 bits per heavy atom. The van der Waals surface area contributed by atoms with Gasteiger partial charge in [0, 0.05) is 17.5 Å². The van der Waals surface area contributed by atoms with Crippen LogP contribution in [0, 0.1) is 0 Å². The molecule has 0 atom stereocenters. The van der Waals surface area contributed by atoms with Crippen molar-refractivity contribution in [3.05, 3.63) is 60.2 Å². The largest absolute Gasteiger partial charge is 0.351 e. The Bertz CT molecular complexity index is 937. The summed E-state index contributed by atoms with van der Waals surface area (Å²) >= 11 is 0. The van der Waals surface area contributed by atoms with Gasteiger partial charge >= 0.3 is 6.03 Å². The summed E-state index contributed by atoms with van der Waals surface area (Å²) in [5, 5.41) is 5.06. The third-order valence-corrected chi connectivity index (χ3v) is 4.71. The van der Waals surface area contributed by atoms with E-state index in [-0.39, 0.29) is 10.8 Å². The first-order chi connectivity index (χ1) is 12.3. The fourth-order valence-electron chi connectivity index (χ4n) is 2.05. The number of benzene rings is 2. The van der Waals surface area contributed by atoms with Crippen LogP contribution in [0.5, 0.6) is 0 Å². The van der Waals surface area contributed by atoms with E-state index in [1.54, 1.807) is 42.5 Å². The molecule has 2 aromatic rings. The molecule has 0 radical (unpaired) electrons. The van der Waals surface area contributed by atoms with Crippen molar-refractivity contribution >= 4 is 39.4 Å². The highest BCUT2D eigenvalue weighted by Crippen LogP contribution is 2.15. The van der Waals surface area contributed by atoms with Crippen LogP contribution in [0.3, 0.4) is 0 Å². The maximum atomic E-state index is 12.0. The second kappa shape index (κ2) is 8.28. The molecule has 0 saturated heterocycles. The molecule has 0 heterocycles. The molecule has 5 N–H and O–H groups in total. The zero-order chi connectivity index (χ0) is 19.2. The minimum Gasteiger partial charge on any atom is -0.351 e. The van der Waals surface area contributed by atoms with Crippen LogP contribution in [0.2, 0.25) is 0 Å². The third-order valence-electron chi connectivity index (χ3n) is 3.28. The fourth-order valence-corrected chi connectivity index (χ4v) is 2.78. The van der Waals surface area contributed by atoms with E-state index in [1.807, 2.05) is 0 Å². The van der Waals surface area contributed by atoms with Crippen molar-refractivity contribution in [3.8, 4) is 0 Å². The molecule has 0 bridgehead atoms. The van der Waals surface area contributed by atoms with E-state index in [2.05, 4.69) is 15.4 Å². The summed E-state index contributed by atoms with van der Waals surface area (Å²) in [6.07, 6.45) is 2.87. The molecule has 0 saturated carbocycles. The lowest BCUT2D eigenvalue weighted by Gasteiger charge is -2.06. The van der Waals surface area contributed by atoms with Crippen LogP contribution < -0.4 is 21.1 Å². The number of rotatable bonds is 6. The van der Waals surface area contributed by atoms with E-state index in [0.717, 1.165) is 0 Å².